The van der Waals surface area contributed by atoms with Crippen LogP contribution in [0.2, 0.25) is 0 Å². The maximum Gasteiger partial charge on any atom is 0.303 e. The number of nitrogens with zero attached hydrogens (tertiary/aromatic N) is 2. The Bertz CT molecular complexity index is 1310. The van der Waals surface area contributed by atoms with E-state index in [1.807, 2.05) is 25.1 Å². The molecule has 1 saturated heterocycles. The maximum atomic E-state index is 13.4. The smallest absolute Gasteiger partial charge is 0.303 e. The molecule has 1 aromatic heterocycles. The van der Waals surface area contributed by atoms with Gasteiger partial charge in [0.1, 0.15) is 5.75 Å². The Hall–Kier alpha value is -3.37. The highest BCUT2D eigenvalue weighted by Gasteiger charge is 2.37. The van der Waals surface area contributed by atoms with E-state index in [0.717, 1.165) is 34.2 Å². The topological polar surface area (TPSA) is 94.9 Å². The molecule has 0 bridgehead atoms. The molecule has 2 aromatic carbocycles. The van der Waals surface area contributed by atoms with Crippen LogP contribution in [0.15, 0.2) is 36.5 Å². The van der Waals surface area contributed by atoms with Crippen LogP contribution in [0.1, 0.15) is 49.3 Å². The molecule has 210 valence electrons. The van der Waals surface area contributed by atoms with Gasteiger partial charge in [0.05, 0.1) is 25.2 Å². The Labute approximate surface area is 225 Å². The Morgan fingerprint density at radius 1 is 1.18 bits per heavy atom. The second-order valence-corrected chi connectivity index (χ2v) is 10.4. The van der Waals surface area contributed by atoms with Gasteiger partial charge in [0.15, 0.2) is 17.5 Å². The number of fused-ring (bicyclic) bond motifs is 1. The van der Waals surface area contributed by atoms with Crippen LogP contribution in [0.3, 0.4) is 0 Å². The van der Waals surface area contributed by atoms with Gasteiger partial charge in [0.25, 0.3) is 0 Å². The number of halogens is 3. The third-order valence-electron chi connectivity index (χ3n) is 7.78. The fraction of sp³-hybridized carbons (Fsp3) is 0.448. The summed E-state index contributed by atoms with van der Waals surface area (Å²) >= 11 is 0. The number of carboxylic acid groups (broad SMARTS) is 1. The molecule has 0 saturated carbocycles. The summed E-state index contributed by atoms with van der Waals surface area (Å²) in [5.74, 6) is -4.18. The molecular formula is C29H34F3N3O4. The molecule has 1 atom stereocenters. The van der Waals surface area contributed by atoms with Crippen LogP contribution < -0.4 is 10.1 Å². The molecule has 1 aliphatic heterocycles. The van der Waals surface area contributed by atoms with Crippen LogP contribution in [-0.4, -0.2) is 59.4 Å². The summed E-state index contributed by atoms with van der Waals surface area (Å²) in [7, 11) is 1.58. The molecule has 3 N–H and O–H groups in total. The van der Waals surface area contributed by atoms with Crippen molar-refractivity contribution in [2.75, 3.05) is 38.6 Å². The second-order valence-electron chi connectivity index (χ2n) is 10.4. The van der Waals surface area contributed by atoms with E-state index < -0.39 is 34.9 Å². The lowest BCUT2D eigenvalue weighted by molar-refractivity contribution is -0.141. The zero-order valence-corrected chi connectivity index (χ0v) is 22.1. The quantitative estimate of drug-likeness (QED) is 0.276. The lowest BCUT2D eigenvalue weighted by Gasteiger charge is -2.41. The van der Waals surface area contributed by atoms with Crippen molar-refractivity contribution in [1.29, 1.82) is 0 Å². The number of hydrogen-bond acceptors (Lipinski definition) is 6. The highest BCUT2D eigenvalue weighted by atomic mass is 19.2. The van der Waals surface area contributed by atoms with Crippen molar-refractivity contribution in [2.24, 2.45) is 5.41 Å². The summed E-state index contributed by atoms with van der Waals surface area (Å²) in [6, 6.07) is 7.37. The van der Waals surface area contributed by atoms with Crippen LogP contribution in [0.4, 0.5) is 18.9 Å². The molecule has 2 heterocycles. The first kappa shape index (κ1) is 28.6. The first-order chi connectivity index (χ1) is 18.6. The summed E-state index contributed by atoms with van der Waals surface area (Å²) < 4.78 is 45.4. The van der Waals surface area contributed by atoms with Crippen LogP contribution in [0.5, 0.6) is 5.75 Å². The number of aryl methyl sites for hydroxylation is 1. The van der Waals surface area contributed by atoms with E-state index in [4.69, 9.17) is 4.74 Å². The second kappa shape index (κ2) is 12.2. The van der Waals surface area contributed by atoms with Gasteiger partial charge < -0.3 is 25.2 Å². The molecule has 0 amide bonds. The predicted octanol–water partition coefficient (Wildman–Crippen LogP) is 5.45. The van der Waals surface area contributed by atoms with Gasteiger partial charge in [0, 0.05) is 42.5 Å². The third kappa shape index (κ3) is 6.80. The number of carbonyl (C=O) groups is 1. The number of aliphatic hydroxyl groups is 1. The first-order valence-electron chi connectivity index (χ1n) is 13.0. The van der Waals surface area contributed by atoms with Gasteiger partial charge >= 0.3 is 5.97 Å². The number of methoxy groups -OCH3 is 1. The van der Waals surface area contributed by atoms with Gasteiger partial charge in [-0.2, -0.15) is 0 Å². The number of hydrogen-bond donors (Lipinski definition) is 3. The maximum absolute atomic E-state index is 13.4. The van der Waals surface area contributed by atoms with Crippen molar-refractivity contribution in [2.45, 2.75) is 45.1 Å². The fourth-order valence-electron chi connectivity index (χ4n) is 5.55. The number of carboxylic acids is 1. The SMILES string of the molecule is COc1ccc2ncc(C)c(C(O)CCC3(CC(=O)O)CCN(CCNc4cc(F)c(F)c(F)c4)CC3)c2c1. The van der Waals surface area contributed by atoms with Crippen molar-refractivity contribution in [3.8, 4) is 5.75 Å². The number of anilines is 1. The van der Waals surface area contributed by atoms with Gasteiger partial charge in [-0.1, -0.05) is 0 Å². The van der Waals surface area contributed by atoms with Crippen LogP contribution in [-0.2, 0) is 4.79 Å². The van der Waals surface area contributed by atoms with Gasteiger partial charge in [-0.25, -0.2) is 13.2 Å². The lowest BCUT2D eigenvalue weighted by atomic mass is 9.71. The number of ether oxygens (including phenoxy) is 1. The van der Waals surface area contributed by atoms with Gasteiger partial charge in [0.2, 0.25) is 0 Å². The minimum absolute atomic E-state index is 0.0177. The molecule has 4 rings (SSSR count). The molecule has 1 unspecified atom stereocenters. The molecule has 3 aromatic rings. The fourth-order valence-corrected chi connectivity index (χ4v) is 5.55. The highest BCUT2D eigenvalue weighted by Crippen LogP contribution is 2.42. The van der Waals surface area contributed by atoms with E-state index in [9.17, 15) is 28.2 Å². The molecule has 0 radical (unpaired) electrons. The Kier molecular flexibility index (Phi) is 8.97. The lowest BCUT2D eigenvalue weighted by Crippen LogP contribution is -2.43. The standard InChI is InChI=1S/C29H34F3N3O4/c1-18-17-34-24-4-3-20(39-2)15-21(24)27(18)25(36)5-6-29(16-26(37)38)7-10-35(11-8-29)12-9-33-19-13-22(30)28(32)23(31)14-19/h3-4,13-15,17,25,33,36H,5-12,16H2,1-2H3,(H,37,38). The Morgan fingerprint density at radius 3 is 2.51 bits per heavy atom. The minimum Gasteiger partial charge on any atom is -0.497 e. The van der Waals surface area contributed by atoms with Gasteiger partial charge in [-0.05, 0) is 80.4 Å². The number of aromatic nitrogens is 1. The number of pyridine rings is 1. The molecule has 0 spiro atoms. The molecular weight excluding hydrogens is 511 g/mol. The Morgan fingerprint density at radius 2 is 1.87 bits per heavy atom. The summed E-state index contributed by atoms with van der Waals surface area (Å²) in [5.41, 5.74) is 2.10. The number of aliphatic hydroxyl groups excluding tert-OH is 1. The average molecular weight is 546 g/mol. The van der Waals surface area contributed by atoms with E-state index in [1.54, 1.807) is 13.3 Å². The van der Waals surface area contributed by atoms with Crippen molar-refractivity contribution < 1.29 is 32.9 Å². The van der Waals surface area contributed by atoms with E-state index in [0.29, 0.717) is 57.6 Å². The zero-order chi connectivity index (χ0) is 28.2. The monoisotopic (exact) mass is 545 g/mol. The summed E-state index contributed by atoms with van der Waals surface area (Å²) in [5, 5.41) is 24.6. The largest absolute Gasteiger partial charge is 0.497 e. The number of aliphatic carboxylic acids is 1. The van der Waals surface area contributed by atoms with Crippen molar-refractivity contribution >= 4 is 22.6 Å². The van der Waals surface area contributed by atoms with Crippen LogP contribution in [0.25, 0.3) is 10.9 Å². The summed E-state index contributed by atoms with van der Waals surface area (Å²) in [6.07, 6.45) is 3.23. The van der Waals surface area contributed by atoms with E-state index >= 15 is 0 Å². The highest BCUT2D eigenvalue weighted by molar-refractivity contribution is 5.84. The van der Waals surface area contributed by atoms with E-state index in [1.165, 1.54) is 0 Å². The number of piperidine rings is 1. The molecule has 10 heteroatoms. The molecule has 7 nitrogen and oxygen atoms in total. The van der Waals surface area contributed by atoms with Crippen LogP contribution >= 0.6 is 0 Å². The molecule has 1 fully saturated rings. The van der Waals surface area contributed by atoms with E-state index in [-0.39, 0.29) is 12.1 Å². The predicted molar refractivity (Wildman–Crippen MR) is 142 cm³/mol. The van der Waals surface area contributed by atoms with E-state index in [2.05, 4.69) is 15.2 Å². The molecule has 1 aliphatic rings. The normalized spacial score (nSPS) is 16.3. The van der Waals surface area contributed by atoms with Crippen molar-refractivity contribution in [3.63, 3.8) is 0 Å². The van der Waals surface area contributed by atoms with Crippen LogP contribution in [0, 0.1) is 29.8 Å². The minimum atomic E-state index is -1.50. The molecule has 39 heavy (non-hydrogen) atoms. The average Bonchev–Trinajstić information content (AvgIpc) is 2.90. The number of nitrogens with one attached hydrogen (secondary N) is 1. The van der Waals surface area contributed by atoms with Gasteiger partial charge in [-0.3, -0.25) is 9.78 Å². The zero-order valence-electron chi connectivity index (χ0n) is 22.1. The Balaban J connectivity index is 1.38. The third-order valence-corrected chi connectivity index (χ3v) is 7.78. The number of rotatable bonds is 11. The summed E-state index contributed by atoms with van der Waals surface area (Å²) in [6.45, 7) is 4.19. The first-order valence-corrected chi connectivity index (χ1v) is 13.0. The van der Waals surface area contributed by atoms with Gasteiger partial charge in [-0.15, -0.1) is 0 Å². The molecule has 0 aliphatic carbocycles. The number of likely N-dealkylation sites (tertiary alicyclic amines) is 1. The number of benzene rings is 2. The van der Waals surface area contributed by atoms with Crippen molar-refractivity contribution in [3.05, 3.63) is 65.1 Å². The summed E-state index contributed by atoms with van der Waals surface area (Å²) in [4.78, 5) is 18.4. The van der Waals surface area contributed by atoms with Crippen molar-refractivity contribution in [1.82, 2.24) is 9.88 Å².